The first-order valence-corrected chi connectivity index (χ1v) is 6.77. The zero-order chi connectivity index (χ0) is 14.7. The third kappa shape index (κ3) is 3.57. The summed E-state index contributed by atoms with van der Waals surface area (Å²) in [6.45, 7) is 0.0185. The molecule has 0 atom stereocenters. The van der Waals surface area contributed by atoms with Crippen molar-refractivity contribution in [1.82, 2.24) is 0 Å². The quantitative estimate of drug-likeness (QED) is 0.661. The van der Waals surface area contributed by atoms with Crippen molar-refractivity contribution >= 4 is 46.5 Å². The zero-order valence-corrected chi connectivity index (χ0v) is 12.5. The van der Waals surface area contributed by atoms with Crippen LogP contribution in [0.15, 0.2) is 36.4 Å². The Balaban J connectivity index is 2.10. The molecule has 0 spiro atoms. The summed E-state index contributed by atoms with van der Waals surface area (Å²) >= 11 is 17.7. The summed E-state index contributed by atoms with van der Waals surface area (Å²) in [6, 6.07) is 9.65. The third-order valence-corrected chi connectivity index (χ3v) is 3.62. The first kappa shape index (κ1) is 15.0. The number of hydrogen-bond donors (Lipinski definition) is 1. The number of nitrogen functional groups attached to an aromatic ring is 1. The minimum atomic E-state index is -0.532. The van der Waals surface area contributed by atoms with E-state index in [0.717, 1.165) is 0 Å². The maximum atomic E-state index is 11.9. The second-order valence-corrected chi connectivity index (χ2v) is 5.28. The number of hydrogen-bond acceptors (Lipinski definition) is 3. The van der Waals surface area contributed by atoms with E-state index in [1.54, 1.807) is 24.3 Å². The zero-order valence-electron chi connectivity index (χ0n) is 10.2. The first-order chi connectivity index (χ1) is 9.47. The molecule has 0 aliphatic carbocycles. The Labute approximate surface area is 131 Å². The average molecular weight is 331 g/mol. The molecule has 20 heavy (non-hydrogen) atoms. The molecule has 0 saturated heterocycles. The van der Waals surface area contributed by atoms with Crippen molar-refractivity contribution < 1.29 is 9.53 Å². The summed E-state index contributed by atoms with van der Waals surface area (Å²) in [7, 11) is 0. The number of benzene rings is 2. The van der Waals surface area contributed by atoms with Crippen LogP contribution < -0.4 is 5.73 Å². The number of carbonyl (C=O) groups is 1. The fourth-order valence-corrected chi connectivity index (χ4v) is 2.23. The number of rotatable bonds is 3. The summed E-state index contributed by atoms with van der Waals surface area (Å²) in [5.74, 6) is -0.532. The van der Waals surface area contributed by atoms with Gasteiger partial charge in [-0.15, -0.1) is 0 Å². The van der Waals surface area contributed by atoms with Crippen LogP contribution in [0.5, 0.6) is 0 Å². The van der Waals surface area contributed by atoms with Crippen LogP contribution in [0.3, 0.4) is 0 Å². The van der Waals surface area contributed by atoms with E-state index in [1.165, 1.54) is 12.1 Å². The standard InChI is InChI=1S/C14H10Cl3NO2/c15-10-4-9(5-11(18)6-10)14(19)20-7-8-2-1-3-12(16)13(8)17/h1-6H,7,18H2. The largest absolute Gasteiger partial charge is 0.457 e. The third-order valence-electron chi connectivity index (χ3n) is 2.55. The molecule has 0 radical (unpaired) electrons. The second kappa shape index (κ2) is 6.35. The highest BCUT2D eigenvalue weighted by atomic mass is 35.5. The summed E-state index contributed by atoms with van der Waals surface area (Å²) < 4.78 is 5.16. The molecular weight excluding hydrogens is 321 g/mol. The average Bonchev–Trinajstić information content (AvgIpc) is 2.39. The molecule has 0 bridgehead atoms. The number of ether oxygens (including phenoxy) is 1. The predicted molar refractivity (Wildman–Crippen MR) is 81.4 cm³/mol. The SMILES string of the molecule is Nc1cc(Cl)cc(C(=O)OCc2cccc(Cl)c2Cl)c1. The minimum Gasteiger partial charge on any atom is -0.457 e. The predicted octanol–water partition coefficient (Wildman–Crippen LogP) is 4.59. The smallest absolute Gasteiger partial charge is 0.338 e. The number of carbonyl (C=O) groups excluding carboxylic acids is 1. The molecule has 0 aliphatic heterocycles. The van der Waals surface area contributed by atoms with E-state index >= 15 is 0 Å². The highest BCUT2D eigenvalue weighted by Gasteiger charge is 2.11. The summed E-state index contributed by atoms with van der Waals surface area (Å²) in [5, 5.41) is 1.15. The van der Waals surface area contributed by atoms with E-state index in [4.69, 9.17) is 45.3 Å². The Morgan fingerprint density at radius 3 is 2.60 bits per heavy atom. The Bertz CT molecular complexity index is 639. The Kier molecular flexibility index (Phi) is 4.76. The molecule has 0 aromatic heterocycles. The van der Waals surface area contributed by atoms with Gasteiger partial charge in [-0.2, -0.15) is 0 Å². The highest BCUT2D eigenvalue weighted by molar-refractivity contribution is 6.42. The molecular formula is C14H10Cl3NO2. The molecule has 0 fully saturated rings. The molecule has 0 unspecified atom stereocenters. The Morgan fingerprint density at radius 1 is 1.15 bits per heavy atom. The van der Waals surface area contributed by atoms with Gasteiger partial charge in [-0.25, -0.2) is 4.79 Å². The van der Waals surface area contributed by atoms with Crippen LogP contribution >= 0.6 is 34.8 Å². The number of anilines is 1. The van der Waals surface area contributed by atoms with Crippen LogP contribution in [0, 0.1) is 0 Å². The lowest BCUT2D eigenvalue weighted by molar-refractivity contribution is 0.0473. The lowest BCUT2D eigenvalue weighted by Crippen LogP contribution is -2.06. The fraction of sp³-hybridized carbons (Fsp3) is 0.0714. The number of halogens is 3. The van der Waals surface area contributed by atoms with Crippen molar-refractivity contribution in [2.24, 2.45) is 0 Å². The molecule has 2 N–H and O–H groups in total. The van der Waals surface area contributed by atoms with Gasteiger partial charge in [-0.1, -0.05) is 46.9 Å². The monoisotopic (exact) mass is 329 g/mol. The van der Waals surface area contributed by atoms with E-state index in [2.05, 4.69) is 0 Å². The molecule has 2 rings (SSSR count). The van der Waals surface area contributed by atoms with Crippen molar-refractivity contribution in [1.29, 1.82) is 0 Å². The lowest BCUT2D eigenvalue weighted by atomic mass is 10.2. The van der Waals surface area contributed by atoms with E-state index in [1.807, 2.05) is 0 Å². The van der Waals surface area contributed by atoms with E-state index in [0.29, 0.717) is 26.3 Å². The summed E-state index contributed by atoms with van der Waals surface area (Å²) in [5.41, 5.74) is 6.92. The van der Waals surface area contributed by atoms with Gasteiger partial charge < -0.3 is 10.5 Å². The van der Waals surface area contributed by atoms with Gasteiger partial charge >= 0.3 is 5.97 Å². The topological polar surface area (TPSA) is 52.3 Å². The number of esters is 1. The normalized spacial score (nSPS) is 10.3. The van der Waals surface area contributed by atoms with Gasteiger partial charge in [0.05, 0.1) is 15.6 Å². The van der Waals surface area contributed by atoms with Crippen LogP contribution in [0.1, 0.15) is 15.9 Å². The Morgan fingerprint density at radius 2 is 1.90 bits per heavy atom. The molecule has 6 heteroatoms. The van der Waals surface area contributed by atoms with Crippen molar-refractivity contribution in [2.45, 2.75) is 6.61 Å². The maximum Gasteiger partial charge on any atom is 0.338 e. The van der Waals surface area contributed by atoms with Crippen LogP contribution in [0.2, 0.25) is 15.1 Å². The van der Waals surface area contributed by atoms with Crippen LogP contribution in [-0.2, 0) is 11.3 Å². The molecule has 0 heterocycles. The molecule has 104 valence electrons. The van der Waals surface area contributed by atoms with Crippen molar-refractivity contribution in [3.05, 3.63) is 62.6 Å². The molecule has 2 aromatic rings. The molecule has 0 aliphatic rings. The van der Waals surface area contributed by atoms with E-state index in [9.17, 15) is 4.79 Å². The number of nitrogens with two attached hydrogens (primary N) is 1. The molecule has 2 aromatic carbocycles. The maximum absolute atomic E-state index is 11.9. The fourth-order valence-electron chi connectivity index (χ4n) is 1.62. The van der Waals surface area contributed by atoms with Crippen molar-refractivity contribution in [3.8, 4) is 0 Å². The van der Waals surface area contributed by atoms with Gasteiger partial charge in [-0.3, -0.25) is 0 Å². The summed E-state index contributed by atoms with van der Waals surface area (Å²) in [6.07, 6.45) is 0. The van der Waals surface area contributed by atoms with Gasteiger partial charge in [0.25, 0.3) is 0 Å². The lowest BCUT2D eigenvalue weighted by Gasteiger charge is -2.08. The van der Waals surface area contributed by atoms with Gasteiger partial charge in [0.15, 0.2) is 0 Å². The van der Waals surface area contributed by atoms with Crippen LogP contribution in [-0.4, -0.2) is 5.97 Å². The molecule has 0 amide bonds. The van der Waals surface area contributed by atoms with Crippen molar-refractivity contribution in [3.63, 3.8) is 0 Å². The minimum absolute atomic E-state index is 0.0185. The van der Waals surface area contributed by atoms with Gasteiger partial charge in [0.1, 0.15) is 6.61 Å². The first-order valence-electron chi connectivity index (χ1n) is 5.63. The second-order valence-electron chi connectivity index (χ2n) is 4.06. The summed E-state index contributed by atoms with van der Waals surface area (Å²) in [4.78, 5) is 11.9. The van der Waals surface area contributed by atoms with E-state index in [-0.39, 0.29) is 12.2 Å². The van der Waals surface area contributed by atoms with Crippen LogP contribution in [0.25, 0.3) is 0 Å². The van der Waals surface area contributed by atoms with Crippen molar-refractivity contribution in [2.75, 3.05) is 5.73 Å². The van der Waals surface area contributed by atoms with Crippen LogP contribution in [0.4, 0.5) is 5.69 Å². The molecule has 3 nitrogen and oxygen atoms in total. The van der Waals surface area contributed by atoms with Gasteiger partial charge in [0, 0.05) is 16.3 Å². The highest BCUT2D eigenvalue weighted by Crippen LogP contribution is 2.26. The van der Waals surface area contributed by atoms with E-state index < -0.39 is 5.97 Å². The van der Waals surface area contributed by atoms with Gasteiger partial charge in [0.2, 0.25) is 0 Å². The van der Waals surface area contributed by atoms with Gasteiger partial charge in [-0.05, 0) is 24.3 Å². The molecule has 0 saturated carbocycles. The Hall–Kier alpha value is -1.42.